The van der Waals surface area contributed by atoms with Crippen molar-refractivity contribution in [2.24, 2.45) is 0 Å². The first-order valence-corrected chi connectivity index (χ1v) is 12.7. The quantitative estimate of drug-likeness (QED) is 0.245. The standard InChI is InChI=1S/C25H28F3N5O3S/c1-17-14-22(33-11-9-32(10-12-33)19-5-3-4-18(15-19)25(26,27)28)31-24(30-17)37-16-20-6-7-21(36-20)23(34)29-8-13-35-2/h3-7,14-15H,8-13,16H2,1-2H3,(H,29,34). The Bertz CT molecular complexity index is 1210. The van der Waals surface area contributed by atoms with Crippen molar-refractivity contribution in [2.75, 3.05) is 56.2 Å². The van der Waals surface area contributed by atoms with Crippen molar-refractivity contribution < 1.29 is 27.1 Å². The Hall–Kier alpha value is -3.25. The molecule has 0 radical (unpaired) electrons. The predicted molar refractivity (Wildman–Crippen MR) is 135 cm³/mol. The third-order valence-electron chi connectivity index (χ3n) is 5.78. The maximum atomic E-state index is 13.1. The molecule has 8 nitrogen and oxygen atoms in total. The Balaban J connectivity index is 1.34. The zero-order chi connectivity index (χ0) is 26.4. The molecule has 3 heterocycles. The summed E-state index contributed by atoms with van der Waals surface area (Å²) in [6, 6.07) is 10.7. The van der Waals surface area contributed by atoms with E-state index in [4.69, 9.17) is 9.15 Å². The zero-order valence-electron chi connectivity index (χ0n) is 20.5. The number of amides is 1. The first kappa shape index (κ1) is 26.8. The molecule has 0 unspecified atom stereocenters. The van der Waals surface area contributed by atoms with E-state index in [2.05, 4.69) is 20.2 Å². The van der Waals surface area contributed by atoms with Crippen molar-refractivity contribution in [2.45, 2.75) is 24.0 Å². The van der Waals surface area contributed by atoms with E-state index in [0.29, 0.717) is 61.7 Å². The van der Waals surface area contributed by atoms with Gasteiger partial charge in [-0.1, -0.05) is 17.8 Å². The number of ether oxygens (including phenoxy) is 1. The molecular weight excluding hydrogens is 507 g/mol. The molecule has 37 heavy (non-hydrogen) atoms. The molecule has 1 fully saturated rings. The summed E-state index contributed by atoms with van der Waals surface area (Å²) in [7, 11) is 1.56. The van der Waals surface area contributed by atoms with Crippen LogP contribution in [0.15, 0.2) is 52.0 Å². The van der Waals surface area contributed by atoms with Gasteiger partial charge in [0.05, 0.1) is 17.9 Å². The highest BCUT2D eigenvalue weighted by molar-refractivity contribution is 7.98. The number of nitrogens with zero attached hydrogens (tertiary/aromatic N) is 4. The summed E-state index contributed by atoms with van der Waals surface area (Å²) in [5, 5.41) is 3.29. The summed E-state index contributed by atoms with van der Waals surface area (Å²) in [6.07, 6.45) is -4.36. The average molecular weight is 536 g/mol. The van der Waals surface area contributed by atoms with Gasteiger partial charge in [-0.2, -0.15) is 13.2 Å². The van der Waals surface area contributed by atoms with Gasteiger partial charge >= 0.3 is 6.18 Å². The van der Waals surface area contributed by atoms with Crippen molar-refractivity contribution in [3.8, 4) is 0 Å². The second-order valence-corrected chi connectivity index (χ2v) is 9.42. The van der Waals surface area contributed by atoms with Crippen molar-refractivity contribution >= 4 is 29.2 Å². The Morgan fingerprint density at radius 3 is 2.59 bits per heavy atom. The number of halogens is 3. The summed E-state index contributed by atoms with van der Waals surface area (Å²) in [4.78, 5) is 25.3. The molecule has 2 aromatic heterocycles. The van der Waals surface area contributed by atoms with Crippen molar-refractivity contribution in [1.29, 1.82) is 0 Å². The SMILES string of the molecule is COCCNC(=O)c1ccc(CSc2nc(C)cc(N3CCN(c4cccc(C(F)(F)F)c4)CC3)n2)o1. The predicted octanol–water partition coefficient (Wildman–Crippen LogP) is 4.39. The van der Waals surface area contributed by atoms with Crippen molar-refractivity contribution in [3.63, 3.8) is 0 Å². The minimum absolute atomic E-state index is 0.233. The lowest BCUT2D eigenvalue weighted by Gasteiger charge is -2.37. The van der Waals surface area contributed by atoms with Crippen LogP contribution in [0, 0.1) is 6.92 Å². The van der Waals surface area contributed by atoms with Gasteiger partial charge in [-0.05, 0) is 37.3 Å². The number of carbonyl (C=O) groups excluding carboxylic acids is 1. The van der Waals surface area contributed by atoms with E-state index in [-0.39, 0.29) is 11.7 Å². The molecule has 1 N–H and O–H groups in total. The van der Waals surface area contributed by atoms with E-state index >= 15 is 0 Å². The number of anilines is 2. The summed E-state index contributed by atoms with van der Waals surface area (Å²) in [6.45, 7) is 5.11. The lowest BCUT2D eigenvalue weighted by molar-refractivity contribution is -0.137. The fourth-order valence-corrected chi connectivity index (χ4v) is 4.68. The first-order chi connectivity index (χ1) is 17.7. The number of piperazine rings is 1. The molecule has 0 saturated carbocycles. The maximum absolute atomic E-state index is 13.1. The topological polar surface area (TPSA) is 83.7 Å². The minimum Gasteiger partial charge on any atom is -0.455 e. The number of alkyl halides is 3. The fourth-order valence-electron chi connectivity index (χ4n) is 3.89. The molecule has 1 aliphatic heterocycles. The Labute approximate surface area is 217 Å². The van der Waals surface area contributed by atoms with Gasteiger partial charge in [0.25, 0.3) is 5.91 Å². The van der Waals surface area contributed by atoms with E-state index in [0.717, 1.165) is 17.6 Å². The van der Waals surface area contributed by atoms with Crippen LogP contribution in [0.3, 0.4) is 0 Å². The second kappa shape index (κ2) is 11.9. The van der Waals surface area contributed by atoms with Gasteiger partial charge in [-0.15, -0.1) is 0 Å². The monoisotopic (exact) mass is 535 g/mol. The van der Waals surface area contributed by atoms with Gasteiger partial charge < -0.3 is 24.3 Å². The molecule has 1 aliphatic rings. The maximum Gasteiger partial charge on any atom is 0.416 e. The molecule has 3 aromatic rings. The molecule has 1 saturated heterocycles. The number of thioether (sulfide) groups is 1. The van der Waals surface area contributed by atoms with Crippen LogP contribution in [0.5, 0.6) is 0 Å². The normalized spacial score (nSPS) is 14.2. The highest BCUT2D eigenvalue weighted by Crippen LogP contribution is 2.32. The molecule has 1 amide bonds. The number of hydrogen-bond acceptors (Lipinski definition) is 8. The van der Waals surface area contributed by atoms with Gasteiger partial charge in [-0.25, -0.2) is 9.97 Å². The van der Waals surface area contributed by atoms with Crippen LogP contribution in [-0.4, -0.2) is 62.3 Å². The average Bonchev–Trinajstić information content (AvgIpc) is 3.36. The van der Waals surface area contributed by atoms with Gasteiger partial charge in [0.2, 0.25) is 0 Å². The Morgan fingerprint density at radius 2 is 1.86 bits per heavy atom. The molecule has 12 heteroatoms. The minimum atomic E-state index is -4.36. The molecular formula is C25H28F3N5O3S. The van der Waals surface area contributed by atoms with Crippen LogP contribution < -0.4 is 15.1 Å². The van der Waals surface area contributed by atoms with Gasteiger partial charge in [0, 0.05) is 57.3 Å². The molecule has 0 aliphatic carbocycles. The van der Waals surface area contributed by atoms with Crippen molar-refractivity contribution in [3.05, 3.63) is 65.2 Å². The molecule has 0 bridgehead atoms. The Kier molecular flexibility index (Phi) is 8.59. The fraction of sp³-hybridized carbons (Fsp3) is 0.400. The number of furan rings is 1. The second-order valence-electron chi connectivity index (χ2n) is 8.48. The lowest BCUT2D eigenvalue weighted by Crippen LogP contribution is -2.47. The summed E-state index contributed by atoms with van der Waals surface area (Å²) in [5.41, 5.74) is 0.733. The van der Waals surface area contributed by atoms with Crippen LogP contribution in [0.1, 0.15) is 27.6 Å². The zero-order valence-corrected chi connectivity index (χ0v) is 21.4. The van der Waals surface area contributed by atoms with E-state index in [1.54, 1.807) is 25.3 Å². The number of methoxy groups -OCH3 is 1. The lowest BCUT2D eigenvalue weighted by atomic mass is 10.1. The smallest absolute Gasteiger partial charge is 0.416 e. The summed E-state index contributed by atoms with van der Waals surface area (Å²) in [5.74, 6) is 1.79. The van der Waals surface area contributed by atoms with E-state index in [9.17, 15) is 18.0 Å². The number of hydrogen-bond donors (Lipinski definition) is 1. The number of nitrogens with one attached hydrogen (secondary N) is 1. The molecule has 0 spiro atoms. The highest BCUT2D eigenvalue weighted by Gasteiger charge is 2.31. The molecule has 0 atom stereocenters. The first-order valence-electron chi connectivity index (χ1n) is 11.7. The van der Waals surface area contributed by atoms with E-state index in [1.807, 2.05) is 17.9 Å². The van der Waals surface area contributed by atoms with E-state index < -0.39 is 11.7 Å². The highest BCUT2D eigenvalue weighted by atomic mass is 32.2. The third-order valence-corrected chi connectivity index (χ3v) is 6.65. The number of aryl methyl sites for hydroxylation is 1. The van der Waals surface area contributed by atoms with Gasteiger partial charge in [0.1, 0.15) is 11.6 Å². The number of rotatable bonds is 9. The third kappa shape index (κ3) is 7.16. The van der Waals surface area contributed by atoms with Crippen LogP contribution in [0.25, 0.3) is 0 Å². The molecule has 4 rings (SSSR count). The number of carbonyl (C=O) groups is 1. The number of aromatic nitrogens is 2. The Morgan fingerprint density at radius 1 is 1.11 bits per heavy atom. The largest absolute Gasteiger partial charge is 0.455 e. The summed E-state index contributed by atoms with van der Waals surface area (Å²) < 4.78 is 49.8. The van der Waals surface area contributed by atoms with Crippen LogP contribution in [0.4, 0.5) is 24.7 Å². The van der Waals surface area contributed by atoms with Crippen LogP contribution in [-0.2, 0) is 16.7 Å². The van der Waals surface area contributed by atoms with Crippen LogP contribution in [0.2, 0.25) is 0 Å². The van der Waals surface area contributed by atoms with Gasteiger partial charge in [0.15, 0.2) is 10.9 Å². The van der Waals surface area contributed by atoms with Gasteiger partial charge in [-0.3, -0.25) is 4.79 Å². The van der Waals surface area contributed by atoms with Crippen LogP contribution >= 0.6 is 11.8 Å². The van der Waals surface area contributed by atoms with Crippen molar-refractivity contribution in [1.82, 2.24) is 15.3 Å². The summed E-state index contributed by atoms with van der Waals surface area (Å²) >= 11 is 1.40. The molecule has 198 valence electrons. The molecule has 1 aromatic carbocycles. The van der Waals surface area contributed by atoms with E-state index in [1.165, 1.54) is 23.9 Å². The number of benzene rings is 1.